The average Bonchev–Trinajstić information content (AvgIpc) is 2.46. The molecule has 4 N–H and O–H groups in total. The molecule has 0 bridgehead atoms. The van der Waals surface area contributed by atoms with E-state index in [9.17, 15) is 15.3 Å². The molecule has 0 aromatic carbocycles. The third kappa shape index (κ3) is 4.10. The number of azo groups is 1. The Kier molecular flexibility index (Phi) is 6.78. The number of nitrogens with zero attached hydrogens (tertiary/aromatic N) is 2. The van der Waals surface area contributed by atoms with E-state index in [0.29, 0.717) is 12.1 Å². The van der Waals surface area contributed by atoms with E-state index < -0.39 is 37.1 Å². The van der Waals surface area contributed by atoms with Gasteiger partial charge in [-0.1, -0.05) is 18.8 Å². The second-order valence-corrected chi connectivity index (χ2v) is 4.33. The molecule has 7 heteroatoms. The van der Waals surface area contributed by atoms with Gasteiger partial charge in [0.15, 0.2) is 0 Å². The van der Waals surface area contributed by atoms with E-state index >= 15 is 0 Å². The summed E-state index contributed by atoms with van der Waals surface area (Å²) >= 11 is 0. The largest absolute Gasteiger partial charge is 0.394 e. The summed E-state index contributed by atoms with van der Waals surface area (Å²) in [6.07, 6.45) is -3.87. The summed E-state index contributed by atoms with van der Waals surface area (Å²) in [7, 11) is 1.55. The first-order valence-electron chi connectivity index (χ1n) is 6.35. The molecule has 1 saturated heterocycles. The average molecular weight is 284 g/mol. The van der Waals surface area contributed by atoms with Crippen LogP contribution in [-0.4, -0.2) is 64.6 Å². The lowest BCUT2D eigenvalue weighted by molar-refractivity contribution is -0.214. The Morgan fingerprint density at radius 1 is 1.25 bits per heavy atom. The minimum absolute atomic E-state index is 0.469. The number of rotatable bonds is 3. The zero-order valence-corrected chi connectivity index (χ0v) is 11.5. The standard InChI is InChI=1S/C13H20N2O5/c1-3-8(15-14-2)5-4-6-9-11(17)13(19)12(18)10(7-16)20-9/h5,9-13,16-19H,3,7H2,1-2H3/b8-5-,15-14?/t9-,10-,11-,12-,13-/m1/s1. The minimum atomic E-state index is -1.41. The molecule has 1 fully saturated rings. The smallest absolute Gasteiger partial charge is 0.147 e. The van der Waals surface area contributed by atoms with E-state index in [2.05, 4.69) is 22.1 Å². The van der Waals surface area contributed by atoms with E-state index in [4.69, 9.17) is 9.84 Å². The highest BCUT2D eigenvalue weighted by Gasteiger charge is 2.42. The molecule has 112 valence electrons. The summed E-state index contributed by atoms with van der Waals surface area (Å²) in [5, 5.41) is 45.5. The van der Waals surface area contributed by atoms with E-state index in [1.54, 1.807) is 7.05 Å². The van der Waals surface area contributed by atoms with Crippen molar-refractivity contribution < 1.29 is 25.2 Å². The molecule has 1 aliphatic rings. The second-order valence-electron chi connectivity index (χ2n) is 4.33. The van der Waals surface area contributed by atoms with Crippen LogP contribution in [0.4, 0.5) is 0 Å². The number of ether oxygens (including phenoxy) is 1. The van der Waals surface area contributed by atoms with Crippen molar-refractivity contribution in [2.45, 2.75) is 43.9 Å². The van der Waals surface area contributed by atoms with Crippen LogP contribution in [0.1, 0.15) is 13.3 Å². The maximum atomic E-state index is 9.77. The lowest BCUT2D eigenvalue weighted by Gasteiger charge is -2.37. The molecular formula is C13H20N2O5. The Bertz CT molecular complexity index is 424. The van der Waals surface area contributed by atoms with Crippen LogP contribution in [0.15, 0.2) is 22.0 Å². The van der Waals surface area contributed by atoms with Crippen LogP contribution >= 0.6 is 0 Å². The molecular weight excluding hydrogens is 264 g/mol. The molecule has 5 atom stereocenters. The van der Waals surface area contributed by atoms with Crippen molar-refractivity contribution in [3.05, 3.63) is 11.8 Å². The molecule has 0 radical (unpaired) electrons. The maximum Gasteiger partial charge on any atom is 0.147 e. The Hall–Kier alpha value is -1.30. The van der Waals surface area contributed by atoms with Crippen LogP contribution < -0.4 is 0 Å². The molecule has 0 aromatic rings. The molecule has 20 heavy (non-hydrogen) atoms. The fourth-order valence-corrected chi connectivity index (χ4v) is 1.76. The van der Waals surface area contributed by atoms with Crippen LogP contribution in [0.2, 0.25) is 0 Å². The number of aliphatic hydroxyl groups is 4. The number of hydrogen-bond donors (Lipinski definition) is 4. The fraction of sp³-hybridized carbons (Fsp3) is 0.692. The maximum absolute atomic E-state index is 9.77. The molecule has 0 aliphatic carbocycles. The highest BCUT2D eigenvalue weighted by Crippen LogP contribution is 2.20. The Labute approximate surface area is 117 Å². The molecule has 0 aromatic heterocycles. The third-order valence-electron chi connectivity index (χ3n) is 2.95. The van der Waals surface area contributed by atoms with E-state index in [1.165, 1.54) is 6.08 Å². The summed E-state index contributed by atoms with van der Waals surface area (Å²) in [6, 6.07) is 0. The van der Waals surface area contributed by atoms with Gasteiger partial charge in [-0.25, -0.2) is 0 Å². The predicted octanol–water partition coefficient (Wildman–Crippen LogP) is -0.792. The fourth-order valence-electron chi connectivity index (χ4n) is 1.76. The van der Waals surface area contributed by atoms with Gasteiger partial charge >= 0.3 is 0 Å². The molecule has 7 nitrogen and oxygen atoms in total. The van der Waals surface area contributed by atoms with E-state index in [0.717, 1.165) is 0 Å². The molecule has 0 unspecified atom stereocenters. The first-order chi connectivity index (χ1) is 9.54. The topological polar surface area (TPSA) is 115 Å². The summed E-state index contributed by atoms with van der Waals surface area (Å²) < 4.78 is 5.24. The summed E-state index contributed by atoms with van der Waals surface area (Å²) in [5.74, 6) is 5.30. The van der Waals surface area contributed by atoms with Crippen molar-refractivity contribution in [3.63, 3.8) is 0 Å². The van der Waals surface area contributed by atoms with Gasteiger partial charge in [-0.2, -0.15) is 10.2 Å². The lowest BCUT2D eigenvalue weighted by Crippen LogP contribution is -2.58. The van der Waals surface area contributed by atoms with Gasteiger partial charge in [-0.3, -0.25) is 0 Å². The van der Waals surface area contributed by atoms with Crippen LogP contribution in [0.3, 0.4) is 0 Å². The van der Waals surface area contributed by atoms with Gasteiger partial charge in [0.25, 0.3) is 0 Å². The van der Waals surface area contributed by atoms with Crippen molar-refractivity contribution in [2.75, 3.05) is 13.7 Å². The Morgan fingerprint density at radius 2 is 1.95 bits per heavy atom. The zero-order valence-electron chi connectivity index (χ0n) is 11.5. The van der Waals surface area contributed by atoms with Gasteiger partial charge in [0, 0.05) is 13.1 Å². The Balaban J connectivity index is 2.81. The van der Waals surface area contributed by atoms with Crippen LogP contribution in [0, 0.1) is 11.8 Å². The van der Waals surface area contributed by atoms with Gasteiger partial charge in [0.1, 0.15) is 30.5 Å². The van der Waals surface area contributed by atoms with Gasteiger partial charge < -0.3 is 25.2 Å². The summed E-state index contributed by atoms with van der Waals surface area (Å²) in [4.78, 5) is 0. The number of hydrogen-bond acceptors (Lipinski definition) is 7. The van der Waals surface area contributed by atoms with Crippen molar-refractivity contribution in [1.82, 2.24) is 0 Å². The highest BCUT2D eigenvalue weighted by atomic mass is 16.5. The number of allylic oxidation sites excluding steroid dienone is 2. The van der Waals surface area contributed by atoms with Gasteiger partial charge in [-0.05, 0) is 6.42 Å². The highest BCUT2D eigenvalue weighted by molar-refractivity contribution is 5.23. The second kappa shape index (κ2) is 8.09. The molecule has 0 amide bonds. The minimum Gasteiger partial charge on any atom is -0.394 e. The van der Waals surface area contributed by atoms with Crippen LogP contribution in [0.25, 0.3) is 0 Å². The molecule has 0 spiro atoms. The van der Waals surface area contributed by atoms with Crippen molar-refractivity contribution in [2.24, 2.45) is 10.2 Å². The molecule has 1 aliphatic heterocycles. The van der Waals surface area contributed by atoms with E-state index in [-0.39, 0.29) is 0 Å². The predicted molar refractivity (Wildman–Crippen MR) is 70.7 cm³/mol. The third-order valence-corrected chi connectivity index (χ3v) is 2.95. The SMILES string of the molecule is CC/C(=C/C#C[C@H]1O[C@H](CO)[C@@H](O)[C@H](O)[C@@H]1O)N=NC. The van der Waals surface area contributed by atoms with Crippen LogP contribution in [-0.2, 0) is 4.74 Å². The monoisotopic (exact) mass is 284 g/mol. The number of aliphatic hydroxyl groups excluding tert-OH is 4. The van der Waals surface area contributed by atoms with Gasteiger partial charge in [-0.15, -0.1) is 0 Å². The van der Waals surface area contributed by atoms with E-state index in [1.807, 2.05) is 6.92 Å². The van der Waals surface area contributed by atoms with Crippen LogP contribution in [0.5, 0.6) is 0 Å². The van der Waals surface area contributed by atoms with Gasteiger partial charge in [0.05, 0.1) is 12.3 Å². The Morgan fingerprint density at radius 3 is 2.50 bits per heavy atom. The quantitative estimate of drug-likeness (QED) is 0.400. The summed E-state index contributed by atoms with van der Waals surface area (Å²) in [6.45, 7) is 1.43. The summed E-state index contributed by atoms with van der Waals surface area (Å²) in [5.41, 5.74) is 0.671. The molecule has 1 heterocycles. The zero-order chi connectivity index (χ0) is 15.1. The first kappa shape index (κ1) is 16.8. The molecule has 1 rings (SSSR count). The van der Waals surface area contributed by atoms with Crippen molar-refractivity contribution in [1.29, 1.82) is 0 Å². The first-order valence-corrected chi connectivity index (χ1v) is 6.35. The normalized spacial score (nSPS) is 34.9. The van der Waals surface area contributed by atoms with Gasteiger partial charge in [0.2, 0.25) is 0 Å². The van der Waals surface area contributed by atoms with Crippen molar-refractivity contribution in [3.8, 4) is 11.8 Å². The van der Waals surface area contributed by atoms with Crippen molar-refractivity contribution >= 4 is 0 Å². The lowest BCUT2D eigenvalue weighted by atomic mass is 9.95. The molecule has 0 saturated carbocycles.